The molecule has 1 rings (SSSR count). The van der Waals surface area contributed by atoms with Gasteiger partial charge in [-0.2, -0.15) is 0 Å². The molecule has 0 saturated heterocycles. The standard InChI is InChI=1S/C12H24.C7H16/c1-10(2)9-11(3)12-7-5-4-6-8-12;1-6(2)5-7(3)4/h10-12H,4-9H2,1-3H3;6-7H,5H2,1-4H3. The first-order chi connectivity index (χ1) is 8.82. The Bertz CT molecular complexity index is 178. The molecule has 1 atom stereocenters. The summed E-state index contributed by atoms with van der Waals surface area (Å²) < 4.78 is 0. The lowest BCUT2D eigenvalue weighted by atomic mass is 9.78. The van der Waals surface area contributed by atoms with Gasteiger partial charge in [0.05, 0.1) is 0 Å². The molecular formula is C19H40. The van der Waals surface area contributed by atoms with Crippen LogP contribution in [0.2, 0.25) is 0 Å². The summed E-state index contributed by atoms with van der Waals surface area (Å²) in [5.74, 6) is 4.67. The fourth-order valence-electron chi connectivity index (χ4n) is 3.58. The fourth-order valence-corrected chi connectivity index (χ4v) is 3.58. The van der Waals surface area contributed by atoms with Gasteiger partial charge in [0.15, 0.2) is 0 Å². The van der Waals surface area contributed by atoms with Crippen molar-refractivity contribution in [1.29, 1.82) is 0 Å². The van der Waals surface area contributed by atoms with Crippen molar-refractivity contribution in [2.45, 2.75) is 93.4 Å². The van der Waals surface area contributed by atoms with Crippen LogP contribution in [0.15, 0.2) is 0 Å². The van der Waals surface area contributed by atoms with E-state index in [-0.39, 0.29) is 0 Å². The SMILES string of the molecule is CC(C)CC(C)C.CC(C)CC(C)C1CCCCC1. The summed E-state index contributed by atoms with van der Waals surface area (Å²) >= 11 is 0. The highest BCUT2D eigenvalue weighted by Gasteiger charge is 2.20. The van der Waals surface area contributed by atoms with Crippen molar-refractivity contribution < 1.29 is 0 Å². The first-order valence-corrected chi connectivity index (χ1v) is 8.82. The van der Waals surface area contributed by atoms with Gasteiger partial charge in [-0.25, -0.2) is 0 Å². The first kappa shape index (κ1) is 19.0. The zero-order chi connectivity index (χ0) is 14.8. The molecule has 0 nitrogen and oxygen atoms in total. The molecule has 0 aliphatic heterocycles. The predicted octanol–water partition coefficient (Wildman–Crippen LogP) is 6.94. The van der Waals surface area contributed by atoms with Crippen LogP contribution in [0.5, 0.6) is 0 Å². The zero-order valence-corrected chi connectivity index (χ0v) is 14.8. The van der Waals surface area contributed by atoms with Crippen LogP contribution >= 0.6 is 0 Å². The molecule has 116 valence electrons. The van der Waals surface area contributed by atoms with Gasteiger partial charge in [-0.05, 0) is 42.4 Å². The Kier molecular flexibility index (Phi) is 10.7. The summed E-state index contributed by atoms with van der Waals surface area (Å²) in [7, 11) is 0. The molecule has 0 heteroatoms. The molecule has 19 heavy (non-hydrogen) atoms. The summed E-state index contributed by atoms with van der Waals surface area (Å²) in [6, 6.07) is 0. The van der Waals surface area contributed by atoms with Crippen LogP contribution in [0.3, 0.4) is 0 Å². The average molecular weight is 269 g/mol. The van der Waals surface area contributed by atoms with Crippen LogP contribution in [0, 0.1) is 29.6 Å². The van der Waals surface area contributed by atoms with Crippen LogP contribution in [-0.4, -0.2) is 0 Å². The minimum absolute atomic E-state index is 0.875. The summed E-state index contributed by atoms with van der Waals surface area (Å²) in [5.41, 5.74) is 0. The Morgan fingerprint density at radius 2 is 1.05 bits per heavy atom. The van der Waals surface area contributed by atoms with Crippen LogP contribution in [-0.2, 0) is 0 Å². The van der Waals surface area contributed by atoms with E-state index >= 15 is 0 Å². The number of rotatable bonds is 5. The molecular weight excluding hydrogens is 228 g/mol. The van der Waals surface area contributed by atoms with Gasteiger partial charge in [0.25, 0.3) is 0 Å². The maximum Gasteiger partial charge on any atom is -0.0388 e. The highest BCUT2D eigenvalue weighted by molar-refractivity contribution is 4.71. The molecule has 0 heterocycles. The molecule has 0 N–H and O–H groups in total. The van der Waals surface area contributed by atoms with E-state index in [4.69, 9.17) is 0 Å². The molecule has 0 bridgehead atoms. The van der Waals surface area contributed by atoms with E-state index in [1.807, 2.05) is 0 Å². The maximum absolute atomic E-state index is 2.45. The van der Waals surface area contributed by atoms with Crippen LogP contribution in [0.1, 0.15) is 93.4 Å². The second-order valence-electron chi connectivity index (χ2n) is 8.03. The highest BCUT2D eigenvalue weighted by atomic mass is 14.3. The van der Waals surface area contributed by atoms with E-state index in [1.165, 1.54) is 44.9 Å². The van der Waals surface area contributed by atoms with Crippen molar-refractivity contribution >= 4 is 0 Å². The van der Waals surface area contributed by atoms with Crippen molar-refractivity contribution in [2.24, 2.45) is 29.6 Å². The monoisotopic (exact) mass is 268 g/mol. The molecule has 0 radical (unpaired) electrons. The smallest absolute Gasteiger partial charge is 0.0388 e. The second-order valence-corrected chi connectivity index (χ2v) is 8.03. The average Bonchev–Trinajstić information content (AvgIpc) is 2.28. The summed E-state index contributed by atoms with van der Waals surface area (Å²) in [6.45, 7) is 16.2. The van der Waals surface area contributed by atoms with Gasteiger partial charge in [0, 0.05) is 0 Å². The molecule has 1 unspecified atom stereocenters. The Balaban J connectivity index is 0.000000399. The molecule has 1 fully saturated rings. The third-order valence-corrected chi connectivity index (χ3v) is 4.24. The van der Waals surface area contributed by atoms with Crippen LogP contribution in [0.4, 0.5) is 0 Å². The van der Waals surface area contributed by atoms with Crippen molar-refractivity contribution in [2.75, 3.05) is 0 Å². The quantitative estimate of drug-likeness (QED) is 0.506. The lowest BCUT2D eigenvalue weighted by Crippen LogP contribution is -2.16. The van der Waals surface area contributed by atoms with E-state index in [2.05, 4.69) is 48.5 Å². The molecule has 1 aliphatic rings. The van der Waals surface area contributed by atoms with Crippen molar-refractivity contribution in [3.63, 3.8) is 0 Å². The Hall–Kier alpha value is 0. The third-order valence-electron chi connectivity index (χ3n) is 4.24. The summed E-state index contributed by atoms with van der Waals surface area (Å²) in [6.07, 6.45) is 10.3. The van der Waals surface area contributed by atoms with Gasteiger partial charge in [-0.3, -0.25) is 0 Å². The number of hydrogen-bond donors (Lipinski definition) is 0. The van der Waals surface area contributed by atoms with E-state index in [1.54, 1.807) is 0 Å². The van der Waals surface area contributed by atoms with E-state index in [0.717, 1.165) is 29.6 Å². The normalized spacial score (nSPS) is 18.6. The molecule has 0 aromatic rings. The van der Waals surface area contributed by atoms with Crippen LogP contribution < -0.4 is 0 Å². The Morgan fingerprint density at radius 3 is 1.37 bits per heavy atom. The van der Waals surface area contributed by atoms with Gasteiger partial charge < -0.3 is 0 Å². The lowest BCUT2D eigenvalue weighted by Gasteiger charge is -2.28. The fraction of sp³-hybridized carbons (Fsp3) is 1.00. The van der Waals surface area contributed by atoms with Crippen molar-refractivity contribution in [3.05, 3.63) is 0 Å². The minimum Gasteiger partial charge on any atom is -0.0628 e. The largest absolute Gasteiger partial charge is 0.0628 e. The number of hydrogen-bond acceptors (Lipinski definition) is 0. The Morgan fingerprint density at radius 1 is 0.632 bits per heavy atom. The summed E-state index contributed by atoms with van der Waals surface area (Å²) in [4.78, 5) is 0. The third kappa shape index (κ3) is 11.5. The van der Waals surface area contributed by atoms with Gasteiger partial charge in [-0.1, -0.05) is 80.6 Å². The molecule has 0 spiro atoms. The first-order valence-electron chi connectivity index (χ1n) is 8.82. The van der Waals surface area contributed by atoms with Gasteiger partial charge >= 0.3 is 0 Å². The highest BCUT2D eigenvalue weighted by Crippen LogP contribution is 2.32. The molecule has 1 aliphatic carbocycles. The Labute approximate surface area is 123 Å². The van der Waals surface area contributed by atoms with Crippen molar-refractivity contribution in [1.82, 2.24) is 0 Å². The van der Waals surface area contributed by atoms with E-state index < -0.39 is 0 Å². The van der Waals surface area contributed by atoms with E-state index in [9.17, 15) is 0 Å². The minimum atomic E-state index is 0.875. The van der Waals surface area contributed by atoms with Gasteiger partial charge in [0.2, 0.25) is 0 Å². The van der Waals surface area contributed by atoms with E-state index in [0.29, 0.717) is 0 Å². The predicted molar refractivity (Wildman–Crippen MR) is 89.5 cm³/mol. The second kappa shape index (κ2) is 10.7. The maximum atomic E-state index is 2.45. The lowest BCUT2D eigenvalue weighted by molar-refractivity contribution is 0.234. The molecule has 0 aromatic carbocycles. The molecule has 1 saturated carbocycles. The van der Waals surface area contributed by atoms with Crippen LogP contribution in [0.25, 0.3) is 0 Å². The van der Waals surface area contributed by atoms with Crippen molar-refractivity contribution in [3.8, 4) is 0 Å². The zero-order valence-electron chi connectivity index (χ0n) is 14.8. The van der Waals surface area contributed by atoms with Gasteiger partial charge in [-0.15, -0.1) is 0 Å². The molecule has 0 aromatic heterocycles. The van der Waals surface area contributed by atoms with Gasteiger partial charge in [0.1, 0.15) is 0 Å². The topological polar surface area (TPSA) is 0 Å². The summed E-state index contributed by atoms with van der Waals surface area (Å²) in [5, 5.41) is 0. The molecule has 0 amide bonds.